The lowest BCUT2D eigenvalue weighted by Gasteiger charge is -2.07. The number of ether oxygens (including phenoxy) is 1. The molecule has 0 aliphatic heterocycles. The molecule has 0 unspecified atom stereocenters. The zero-order valence-corrected chi connectivity index (χ0v) is 15.8. The second-order valence-electron chi connectivity index (χ2n) is 6.39. The number of thiophene rings is 1. The normalized spacial score (nSPS) is 18.3. The summed E-state index contributed by atoms with van der Waals surface area (Å²) in [6.45, 7) is 5.11. The first-order chi connectivity index (χ1) is 12.4. The maximum atomic E-state index is 12.6. The van der Waals surface area contributed by atoms with Gasteiger partial charge in [-0.3, -0.25) is 9.59 Å². The van der Waals surface area contributed by atoms with Gasteiger partial charge in [0.05, 0.1) is 17.0 Å². The van der Waals surface area contributed by atoms with E-state index in [9.17, 15) is 14.4 Å². The van der Waals surface area contributed by atoms with E-state index in [-0.39, 0.29) is 35.7 Å². The second-order valence-corrected chi connectivity index (χ2v) is 7.41. The number of benzene rings is 1. The molecule has 3 rings (SSSR count). The molecule has 6 heteroatoms. The molecule has 1 aliphatic rings. The van der Waals surface area contributed by atoms with Crippen LogP contribution in [-0.2, 0) is 9.53 Å². The molecule has 0 bridgehead atoms. The van der Waals surface area contributed by atoms with Crippen molar-refractivity contribution in [2.45, 2.75) is 33.1 Å². The van der Waals surface area contributed by atoms with Gasteiger partial charge in [0.1, 0.15) is 5.00 Å². The number of nitrogens with one attached hydrogen (secondary N) is 1. The Bertz CT molecular complexity index is 856. The lowest BCUT2D eigenvalue weighted by Crippen LogP contribution is -2.16. The molecule has 5 nitrogen and oxygen atoms in total. The standard InChI is InChI=1S/C20H21NO4S/c1-4-25-20(24)16-11(2)17(12(3)22)26-19(16)21-18(23)15-10-14(15)13-8-6-5-7-9-13/h5-9,14-15H,4,10H2,1-3H3,(H,21,23)/t14-,15+/m0/s1. The van der Waals surface area contributed by atoms with Crippen molar-refractivity contribution in [3.05, 3.63) is 51.9 Å². The number of hydrogen-bond donors (Lipinski definition) is 1. The summed E-state index contributed by atoms with van der Waals surface area (Å²) < 4.78 is 5.10. The molecular formula is C20H21NO4S. The first-order valence-electron chi connectivity index (χ1n) is 8.61. The van der Waals surface area contributed by atoms with Crippen LogP contribution in [0.2, 0.25) is 0 Å². The SMILES string of the molecule is CCOC(=O)c1c(NC(=O)[C@@H]2C[C@H]2c2ccccc2)sc(C(C)=O)c1C. The molecule has 136 valence electrons. The molecular weight excluding hydrogens is 350 g/mol. The Kier molecular flexibility index (Phi) is 5.23. The van der Waals surface area contributed by atoms with Gasteiger partial charge in [0.2, 0.25) is 5.91 Å². The number of hydrogen-bond acceptors (Lipinski definition) is 5. The highest BCUT2D eigenvalue weighted by atomic mass is 32.1. The zero-order chi connectivity index (χ0) is 18.8. The summed E-state index contributed by atoms with van der Waals surface area (Å²) in [5.41, 5.74) is 1.99. The van der Waals surface area contributed by atoms with Crippen LogP contribution < -0.4 is 5.32 Å². The Hall–Kier alpha value is -2.47. The van der Waals surface area contributed by atoms with Crippen molar-refractivity contribution in [1.82, 2.24) is 0 Å². The first-order valence-corrected chi connectivity index (χ1v) is 9.42. The molecule has 1 aromatic carbocycles. The van der Waals surface area contributed by atoms with Gasteiger partial charge < -0.3 is 10.1 Å². The lowest BCUT2D eigenvalue weighted by atomic mass is 10.1. The summed E-state index contributed by atoms with van der Waals surface area (Å²) in [6.07, 6.45) is 0.786. The molecule has 1 aromatic heterocycles. The van der Waals surface area contributed by atoms with Crippen LogP contribution in [0.4, 0.5) is 5.00 Å². The zero-order valence-electron chi connectivity index (χ0n) is 15.0. The predicted octanol–water partition coefficient (Wildman–Crippen LogP) is 4.18. The Morgan fingerprint density at radius 2 is 1.92 bits per heavy atom. The smallest absolute Gasteiger partial charge is 0.341 e. The molecule has 2 aromatic rings. The van der Waals surface area contributed by atoms with E-state index in [2.05, 4.69) is 5.32 Å². The Labute approximate surface area is 156 Å². The van der Waals surface area contributed by atoms with Gasteiger partial charge in [0.15, 0.2) is 5.78 Å². The highest BCUT2D eigenvalue weighted by Gasteiger charge is 2.44. The van der Waals surface area contributed by atoms with Crippen molar-refractivity contribution >= 4 is 34.0 Å². The van der Waals surface area contributed by atoms with Crippen LogP contribution in [-0.4, -0.2) is 24.3 Å². The molecule has 1 aliphatic carbocycles. The van der Waals surface area contributed by atoms with Crippen LogP contribution in [0.25, 0.3) is 0 Å². The van der Waals surface area contributed by atoms with Crippen molar-refractivity contribution in [3.8, 4) is 0 Å². The highest BCUT2D eigenvalue weighted by molar-refractivity contribution is 7.18. The number of anilines is 1. The van der Waals surface area contributed by atoms with Gasteiger partial charge in [-0.1, -0.05) is 30.3 Å². The molecule has 26 heavy (non-hydrogen) atoms. The van der Waals surface area contributed by atoms with E-state index in [4.69, 9.17) is 4.74 Å². The summed E-state index contributed by atoms with van der Waals surface area (Å²) in [6, 6.07) is 9.91. The van der Waals surface area contributed by atoms with Crippen LogP contribution in [0.5, 0.6) is 0 Å². The van der Waals surface area contributed by atoms with Crippen molar-refractivity contribution < 1.29 is 19.1 Å². The van der Waals surface area contributed by atoms with Crippen LogP contribution in [0.1, 0.15) is 57.3 Å². The van der Waals surface area contributed by atoms with Crippen LogP contribution in [0.3, 0.4) is 0 Å². The fraction of sp³-hybridized carbons (Fsp3) is 0.350. The minimum atomic E-state index is -0.514. The molecule has 1 saturated carbocycles. The predicted molar refractivity (Wildman–Crippen MR) is 101 cm³/mol. The van der Waals surface area contributed by atoms with Crippen molar-refractivity contribution in [3.63, 3.8) is 0 Å². The number of rotatable bonds is 6. The van der Waals surface area contributed by atoms with E-state index in [1.165, 1.54) is 6.92 Å². The minimum Gasteiger partial charge on any atom is -0.462 e. The molecule has 0 spiro atoms. The van der Waals surface area contributed by atoms with Crippen LogP contribution in [0.15, 0.2) is 30.3 Å². The van der Waals surface area contributed by atoms with Crippen molar-refractivity contribution in [1.29, 1.82) is 0 Å². The highest BCUT2D eigenvalue weighted by Crippen LogP contribution is 2.48. The van der Waals surface area contributed by atoms with Crippen LogP contribution >= 0.6 is 11.3 Å². The number of esters is 1. The van der Waals surface area contributed by atoms with E-state index in [1.807, 2.05) is 30.3 Å². The summed E-state index contributed by atoms with van der Waals surface area (Å²) in [5, 5.41) is 3.25. The lowest BCUT2D eigenvalue weighted by molar-refractivity contribution is -0.117. The Balaban J connectivity index is 1.81. The molecule has 0 saturated heterocycles. The van der Waals surface area contributed by atoms with Gasteiger partial charge in [-0.15, -0.1) is 11.3 Å². The van der Waals surface area contributed by atoms with E-state index in [0.29, 0.717) is 15.4 Å². The summed E-state index contributed by atoms with van der Waals surface area (Å²) in [7, 11) is 0. The number of carbonyl (C=O) groups excluding carboxylic acids is 3. The quantitative estimate of drug-likeness (QED) is 0.611. The van der Waals surface area contributed by atoms with Crippen molar-refractivity contribution in [2.24, 2.45) is 5.92 Å². The topological polar surface area (TPSA) is 72.5 Å². The third kappa shape index (κ3) is 3.55. The molecule has 1 N–H and O–H groups in total. The third-order valence-corrected chi connectivity index (χ3v) is 5.85. The fourth-order valence-corrected chi connectivity index (χ4v) is 4.24. The third-order valence-electron chi connectivity index (χ3n) is 4.54. The van der Waals surface area contributed by atoms with Crippen molar-refractivity contribution in [2.75, 3.05) is 11.9 Å². The molecule has 1 fully saturated rings. The molecule has 1 amide bonds. The Morgan fingerprint density at radius 1 is 1.23 bits per heavy atom. The fourth-order valence-electron chi connectivity index (χ4n) is 3.14. The van der Waals surface area contributed by atoms with Gasteiger partial charge >= 0.3 is 5.97 Å². The van der Waals surface area contributed by atoms with Gasteiger partial charge in [-0.05, 0) is 44.2 Å². The Morgan fingerprint density at radius 3 is 2.54 bits per heavy atom. The largest absolute Gasteiger partial charge is 0.462 e. The summed E-state index contributed by atoms with van der Waals surface area (Å²) in [5.74, 6) is -0.682. The number of carbonyl (C=O) groups is 3. The number of amides is 1. The van der Waals surface area contributed by atoms with E-state index >= 15 is 0 Å². The first kappa shape index (κ1) is 18.3. The van der Waals surface area contributed by atoms with E-state index in [0.717, 1.165) is 23.3 Å². The molecule has 2 atom stereocenters. The second kappa shape index (κ2) is 7.41. The van der Waals surface area contributed by atoms with Crippen LogP contribution in [0, 0.1) is 12.8 Å². The number of Topliss-reactive ketones (excluding diaryl/α,β-unsaturated/α-hetero) is 1. The summed E-state index contributed by atoms with van der Waals surface area (Å²) >= 11 is 1.14. The average molecular weight is 371 g/mol. The van der Waals surface area contributed by atoms with E-state index < -0.39 is 5.97 Å². The van der Waals surface area contributed by atoms with E-state index in [1.54, 1.807) is 13.8 Å². The summed E-state index contributed by atoms with van der Waals surface area (Å²) in [4.78, 5) is 37.2. The minimum absolute atomic E-state index is 0.115. The van der Waals surface area contributed by atoms with Gasteiger partial charge in [0, 0.05) is 5.92 Å². The average Bonchev–Trinajstić information content (AvgIpc) is 3.34. The maximum absolute atomic E-state index is 12.6. The number of ketones is 1. The molecule has 1 heterocycles. The maximum Gasteiger partial charge on any atom is 0.341 e. The van der Waals surface area contributed by atoms with Gasteiger partial charge in [-0.25, -0.2) is 4.79 Å². The van der Waals surface area contributed by atoms with Gasteiger partial charge in [0.25, 0.3) is 0 Å². The monoisotopic (exact) mass is 371 g/mol. The van der Waals surface area contributed by atoms with Gasteiger partial charge in [-0.2, -0.15) is 0 Å². The molecule has 0 radical (unpaired) electrons.